The summed E-state index contributed by atoms with van der Waals surface area (Å²) in [5.41, 5.74) is 2.03. The first-order valence-electron chi connectivity index (χ1n) is 6.35. The lowest BCUT2D eigenvalue weighted by Gasteiger charge is -2.14. The highest BCUT2D eigenvalue weighted by Gasteiger charge is 2.15. The summed E-state index contributed by atoms with van der Waals surface area (Å²) < 4.78 is 13.9. The first kappa shape index (κ1) is 13.5. The summed E-state index contributed by atoms with van der Waals surface area (Å²) >= 11 is 0. The number of hydrogen-bond acceptors (Lipinski definition) is 3. The van der Waals surface area contributed by atoms with E-state index in [0.29, 0.717) is 17.1 Å². The molecule has 0 radical (unpaired) electrons. The third-order valence-corrected chi connectivity index (χ3v) is 3.05. The Bertz CT molecular complexity index is 594. The minimum Gasteiger partial charge on any atom is -0.373 e. The Labute approximate surface area is 112 Å². The standard InChI is InChI=1S/C15H18FN3/c1-9(2)14-18-13(10(3)15(17-4)19-14)11-7-5-6-8-12(11)16/h5-9H,1-4H3,(H,17,18,19). The van der Waals surface area contributed by atoms with Crippen molar-refractivity contribution in [3.63, 3.8) is 0 Å². The molecule has 0 aliphatic heterocycles. The van der Waals surface area contributed by atoms with Crippen molar-refractivity contribution in [1.82, 2.24) is 9.97 Å². The van der Waals surface area contributed by atoms with Crippen molar-refractivity contribution in [2.45, 2.75) is 26.7 Å². The Kier molecular flexibility index (Phi) is 3.79. The van der Waals surface area contributed by atoms with E-state index in [1.807, 2.05) is 33.9 Å². The van der Waals surface area contributed by atoms with Crippen molar-refractivity contribution in [1.29, 1.82) is 0 Å². The van der Waals surface area contributed by atoms with E-state index in [9.17, 15) is 4.39 Å². The molecule has 2 rings (SSSR count). The zero-order valence-electron chi connectivity index (χ0n) is 11.7. The van der Waals surface area contributed by atoms with Gasteiger partial charge in [-0.25, -0.2) is 14.4 Å². The second-order valence-corrected chi connectivity index (χ2v) is 4.79. The smallest absolute Gasteiger partial charge is 0.133 e. The molecule has 0 spiro atoms. The Morgan fingerprint density at radius 1 is 1.16 bits per heavy atom. The summed E-state index contributed by atoms with van der Waals surface area (Å²) in [6, 6.07) is 6.69. The largest absolute Gasteiger partial charge is 0.373 e. The van der Waals surface area contributed by atoms with Gasteiger partial charge in [0.15, 0.2) is 0 Å². The van der Waals surface area contributed by atoms with Crippen LogP contribution in [-0.2, 0) is 0 Å². The van der Waals surface area contributed by atoms with Crippen molar-refractivity contribution in [2.24, 2.45) is 0 Å². The van der Waals surface area contributed by atoms with Crippen LogP contribution in [0.2, 0.25) is 0 Å². The summed E-state index contributed by atoms with van der Waals surface area (Å²) in [6.07, 6.45) is 0. The zero-order valence-corrected chi connectivity index (χ0v) is 11.7. The van der Waals surface area contributed by atoms with E-state index in [1.165, 1.54) is 6.07 Å². The highest BCUT2D eigenvalue weighted by molar-refractivity contribution is 5.68. The minimum absolute atomic E-state index is 0.193. The summed E-state index contributed by atoms with van der Waals surface area (Å²) in [5.74, 6) is 1.39. The molecule has 1 N–H and O–H groups in total. The highest BCUT2D eigenvalue weighted by Crippen LogP contribution is 2.29. The lowest BCUT2D eigenvalue weighted by atomic mass is 10.1. The Morgan fingerprint density at radius 2 is 1.84 bits per heavy atom. The lowest BCUT2D eigenvalue weighted by Crippen LogP contribution is -2.07. The van der Waals surface area contributed by atoms with Crippen LogP contribution >= 0.6 is 0 Å². The second kappa shape index (κ2) is 5.34. The summed E-state index contributed by atoms with van der Waals surface area (Å²) in [4.78, 5) is 8.98. The molecule has 0 aliphatic carbocycles. The van der Waals surface area contributed by atoms with Gasteiger partial charge in [0.2, 0.25) is 0 Å². The average molecular weight is 259 g/mol. The van der Waals surface area contributed by atoms with Crippen molar-refractivity contribution < 1.29 is 4.39 Å². The van der Waals surface area contributed by atoms with Crippen molar-refractivity contribution in [2.75, 3.05) is 12.4 Å². The monoisotopic (exact) mass is 259 g/mol. The van der Waals surface area contributed by atoms with Gasteiger partial charge < -0.3 is 5.32 Å². The number of anilines is 1. The van der Waals surface area contributed by atoms with Gasteiger partial charge in [-0.05, 0) is 19.1 Å². The molecule has 0 bridgehead atoms. The number of nitrogens with one attached hydrogen (secondary N) is 1. The molecule has 0 unspecified atom stereocenters. The minimum atomic E-state index is -0.263. The van der Waals surface area contributed by atoms with Gasteiger partial charge in [-0.1, -0.05) is 26.0 Å². The van der Waals surface area contributed by atoms with E-state index in [-0.39, 0.29) is 11.7 Å². The molecule has 3 nitrogen and oxygen atoms in total. The quantitative estimate of drug-likeness (QED) is 0.912. The van der Waals surface area contributed by atoms with Gasteiger partial charge in [0.05, 0.1) is 5.69 Å². The average Bonchev–Trinajstić information content (AvgIpc) is 2.39. The van der Waals surface area contributed by atoms with Gasteiger partial charge >= 0.3 is 0 Å². The van der Waals surface area contributed by atoms with Gasteiger partial charge in [0.25, 0.3) is 0 Å². The molecule has 100 valence electrons. The highest BCUT2D eigenvalue weighted by atomic mass is 19.1. The maximum Gasteiger partial charge on any atom is 0.133 e. The van der Waals surface area contributed by atoms with E-state index in [0.717, 1.165) is 11.4 Å². The molecule has 0 amide bonds. The zero-order chi connectivity index (χ0) is 14.0. The van der Waals surface area contributed by atoms with Crippen molar-refractivity contribution in [3.05, 3.63) is 41.5 Å². The molecule has 0 atom stereocenters. The van der Waals surface area contributed by atoms with E-state index < -0.39 is 0 Å². The number of rotatable bonds is 3. The van der Waals surface area contributed by atoms with Crippen LogP contribution in [0.5, 0.6) is 0 Å². The number of aromatic nitrogens is 2. The summed E-state index contributed by atoms with van der Waals surface area (Å²) in [7, 11) is 1.81. The molecule has 2 aromatic rings. The topological polar surface area (TPSA) is 37.8 Å². The number of hydrogen-bond donors (Lipinski definition) is 1. The Morgan fingerprint density at radius 3 is 2.42 bits per heavy atom. The number of nitrogens with zero attached hydrogens (tertiary/aromatic N) is 2. The Hall–Kier alpha value is -1.97. The van der Waals surface area contributed by atoms with Crippen LogP contribution in [0.4, 0.5) is 10.2 Å². The summed E-state index contributed by atoms with van der Waals surface area (Å²) in [6.45, 7) is 5.95. The molecule has 1 aromatic carbocycles. The second-order valence-electron chi connectivity index (χ2n) is 4.79. The normalized spacial score (nSPS) is 10.8. The van der Waals surface area contributed by atoms with E-state index in [4.69, 9.17) is 0 Å². The molecule has 0 saturated carbocycles. The van der Waals surface area contributed by atoms with Crippen LogP contribution < -0.4 is 5.32 Å². The van der Waals surface area contributed by atoms with Crippen molar-refractivity contribution >= 4 is 5.82 Å². The van der Waals surface area contributed by atoms with Crippen LogP contribution in [-0.4, -0.2) is 17.0 Å². The fourth-order valence-electron chi connectivity index (χ4n) is 1.95. The third-order valence-electron chi connectivity index (χ3n) is 3.05. The van der Waals surface area contributed by atoms with Crippen LogP contribution in [0.3, 0.4) is 0 Å². The van der Waals surface area contributed by atoms with E-state index >= 15 is 0 Å². The van der Waals surface area contributed by atoms with Gasteiger partial charge in [-0.2, -0.15) is 0 Å². The molecule has 0 aliphatic rings. The maximum atomic E-state index is 13.9. The van der Waals surface area contributed by atoms with Crippen LogP contribution in [0, 0.1) is 12.7 Å². The first-order chi connectivity index (χ1) is 9.04. The molecule has 1 heterocycles. The predicted octanol–water partition coefficient (Wildman–Crippen LogP) is 3.76. The fourth-order valence-corrected chi connectivity index (χ4v) is 1.95. The molecule has 0 saturated heterocycles. The first-order valence-corrected chi connectivity index (χ1v) is 6.35. The fraction of sp³-hybridized carbons (Fsp3) is 0.333. The van der Waals surface area contributed by atoms with Crippen LogP contribution in [0.1, 0.15) is 31.2 Å². The van der Waals surface area contributed by atoms with Gasteiger partial charge in [-0.3, -0.25) is 0 Å². The van der Waals surface area contributed by atoms with Gasteiger partial charge in [-0.15, -0.1) is 0 Å². The van der Waals surface area contributed by atoms with Crippen LogP contribution in [0.25, 0.3) is 11.3 Å². The lowest BCUT2D eigenvalue weighted by molar-refractivity contribution is 0.630. The number of halogens is 1. The molecule has 1 aromatic heterocycles. The Balaban J connectivity index is 2.69. The predicted molar refractivity (Wildman–Crippen MR) is 75.8 cm³/mol. The molecule has 0 fully saturated rings. The van der Waals surface area contributed by atoms with Crippen molar-refractivity contribution in [3.8, 4) is 11.3 Å². The van der Waals surface area contributed by atoms with E-state index in [1.54, 1.807) is 12.1 Å². The molecule has 19 heavy (non-hydrogen) atoms. The third kappa shape index (κ3) is 2.57. The van der Waals surface area contributed by atoms with Gasteiger partial charge in [0, 0.05) is 24.1 Å². The SMILES string of the molecule is CNc1nc(C(C)C)nc(-c2ccccc2F)c1C. The van der Waals surface area contributed by atoms with Gasteiger partial charge in [0.1, 0.15) is 17.5 Å². The summed E-state index contributed by atoms with van der Waals surface area (Å²) in [5, 5.41) is 3.05. The molecular weight excluding hydrogens is 241 g/mol. The van der Waals surface area contributed by atoms with Crippen LogP contribution in [0.15, 0.2) is 24.3 Å². The molecule has 4 heteroatoms. The van der Waals surface area contributed by atoms with E-state index in [2.05, 4.69) is 15.3 Å². The maximum absolute atomic E-state index is 13.9. The molecular formula is C15H18FN3. The number of benzene rings is 1.